The van der Waals surface area contributed by atoms with E-state index in [9.17, 15) is 21.6 Å². The molecule has 47 heavy (non-hydrogen) atoms. The van der Waals surface area contributed by atoms with Crippen molar-refractivity contribution < 1.29 is 26.4 Å². The molecule has 2 N–H and O–H groups in total. The lowest BCUT2D eigenvalue weighted by atomic mass is 10.2. The molecule has 0 bridgehead atoms. The van der Waals surface area contributed by atoms with Crippen molar-refractivity contribution in [3.8, 4) is 0 Å². The smallest absolute Gasteiger partial charge is 0.356 e. The van der Waals surface area contributed by atoms with Gasteiger partial charge in [0.15, 0.2) is 22.6 Å². The molecule has 5 aromatic heterocycles. The summed E-state index contributed by atoms with van der Waals surface area (Å²) in [5, 5.41) is 0. The summed E-state index contributed by atoms with van der Waals surface area (Å²) in [5.41, 5.74) is 9.49. The molecule has 7 rings (SSSR count). The highest BCUT2D eigenvalue weighted by Crippen LogP contribution is 2.24. The first-order valence-electron chi connectivity index (χ1n) is 14.2. The molecule has 0 amide bonds. The van der Waals surface area contributed by atoms with Crippen molar-refractivity contribution in [2.24, 2.45) is 0 Å². The van der Waals surface area contributed by atoms with Crippen LogP contribution in [-0.4, -0.2) is 61.7 Å². The molecular formula is C31H28N8O6S2. The monoisotopic (exact) mass is 672 g/mol. The molecule has 0 saturated carbocycles. The summed E-state index contributed by atoms with van der Waals surface area (Å²) in [6, 6.07) is 16.4. The van der Waals surface area contributed by atoms with Gasteiger partial charge < -0.3 is 10.5 Å². The fraction of sp³-hybridized carbons (Fsp3) is 0.129. The van der Waals surface area contributed by atoms with E-state index in [1.165, 1.54) is 31.0 Å². The lowest BCUT2D eigenvalue weighted by Crippen LogP contribution is -2.13. The van der Waals surface area contributed by atoms with E-state index in [2.05, 4.69) is 19.9 Å². The number of ether oxygens (including phenoxy) is 1. The van der Waals surface area contributed by atoms with E-state index in [-0.39, 0.29) is 39.2 Å². The summed E-state index contributed by atoms with van der Waals surface area (Å²) in [5.74, 6) is -0.283. The molecule has 240 valence electrons. The molecule has 7 aromatic rings. The van der Waals surface area contributed by atoms with Gasteiger partial charge >= 0.3 is 5.97 Å². The van der Waals surface area contributed by atoms with Crippen LogP contribution in [0.15, 0.2) is 101 Å². The van der Waals surface area contributed by atoms with E-state index >= 15 is 0 Å². The van der Waals surface area contributed by atoms with Crippen LogP contribution in [0.2, 0.25) is 0 Å². The molecule has 0 fully saturated rings. The lowest BCUT2D eigenvalue weighted by Gasteiger charge is -2.08. The molecule has 0 aliphatic heterocycles. The van der Waals surface area contributed by atoms with Crippen LogP contribution in [0, 0.1) is 13.8 Å². The first-order valence-corrected chi connectivity index (χ1v) is 17.0. The number of aromatic nitrogens is 7. The van der Waals surface area contributed by atoms with Gasteiger partial charge in [-0.1, -0.05) is 35.4 Å². The van der Waals surface area contributed by atoms with E-state index in [0.29, 0.717) is 16.7 Å². The van der Waals surface area contributed by atoms with Crippen molar-refractivity contribution in [1.82, 2.24) is 32.3 Å². The maximum atomic E-state index is 13.0. The third-order valence-electron chi connectivity index (χ3n) is 7.15. The number of nitrogens with zero attached hydrogens (tertiary/aromatic N) is 7. The largest absolute Gasteiger partial charge is 0.461 e. The first kappa shape index (κ1) is 31.4. The number of rotatable bonds is 6. The van der Waals surface area contributed by atoms with Gasteiger partial charge in [-0.25, -0.2) is 49.5 Å². The number of hydrogen-bond donors (Lipinski definition) is 1. The molecule has 16 heteroatoms. The average Bonchev–Trinajstić information content (AvgIpc) is 3.78. The number of aryl methyl sites for hydroxylation is 2. The highest BCUT2D eigenvalue weighted by molar-refractivity contribution is 7.90. The minimum atomic E-state index is -3.83. The third kappa shape index (κ3) is 5.68. The van der Waals surface area contributed by atoms with Crippen LogP contribution in [0.3, 0.4) is 0 Å². The zero-order valence-electron chi connectivity index (χ0n) is 25.3. The Morgan fingerprint density at radius 1 is 0.745 bits per heavy atom. The number of nitrogen functional groups attached to an aromatic ring is 1. The minimum absolute atomic E-state index is 0.156. The van der Waals surface area contributed by atoms with Gasteiger partial charge in [-0.2, -0.15) is 0 Å². The second kappa shape index (κ2) is 12.0. The van der Waals surface area contributed by atoms with Crippen LogP contribution in [0.5, 0.6) is 0 Å². The predicted molar refractivity (Wildman–Crippen MR) is 174 cm³/mol. The average molecular weight is 673 g/mol. The van der Waals surface area contributed by atoms with Crippen LogP contribution in [0.25, 0.3) is 28.0 Å². The molecule has 2 aromatic carbocycles. The maximum Gasteiger partial charge on any atom is 0.356 e. The maximum absolute atomic E-state index is 13.0. The van der Waals surface area contributed by atoms with Crippen molar-refractivity contribution in [3.05, 3.63) is 108 Å². The van der Waals surface area contributed by atoms with E-state index in [1.807, 2.05) is 13.8 Å². The number of benzene rings is 2. The van der Waals surface area contributed by atoms with Crippen LogP contribution >= 0.6 is 0 Å². The normalized spacial score (nSPS) is 11.9. The molecule has 0 radical (unpaired) electrons. The third-order valence-corrected chi connectivity index (χ3v) is 10.5. The van der Waals surface area contributed by atoms with Crippen molar-refractivity contribution in [1.29, 1.82) is 0 Å². The van der Waals surface area contributed by atoms with Crippen molar-refractivity contribution in [2.45, 2.75) is 30.6 Å². The fourth-order valence-electron chi connectivity index (χ4n) is 4.81. The molecule has 0 aliphatic carbocycles. The zero-order valence-corrected chi connectivity index (χ0v) is 27.0. The summed E-state index contributed by atoms with van der Waals surface area (Å²) in [6.45, 7) is 5.72. The van der Waals surface area contributed by atoms with Gasteiger partial charge in [-0.15, -0.1) is 0 Å². The van der Waals surface area contributed by atoms with Gasteiger partial charge in [-0.05, 0) is 57.2 Å². The minimum Gasteiger partial charge on any atom is -0.461 e. The molecule has 0 unspecified atom stereocenters. The Morgan fingerprint density at radius 3 is 1.89 bits per heavy atom. The molecule has 0 aliphatic rings. The Bertz CT molecular complexity index is 2500. The lowest BCUT2D eigenvalue weighted by molar-refractivity contribution is 0.0518. The second-order valence-corrected chi connectivity index (χ2v) is 14.0. The summed E-state index contributed by atoms with van der Waals surface area (Å²) in [6.07, 6.45) is 7.00. The molecule has 0 spiro atoms. The van der Waals surface area contributed by atoms with Gasteiger partial charge in [0.25, 0.3) is 20.0 Å². The fourth-order valence-corrected chi connectivity index (χ4v) is 7.40. The number of fused-ring (bicyclic) bond motifs is 4. The SMILES string of the molecule is CCOC(=O)c1cnc2cnc3c(ccn3S(=O)(=O)c3ccc(C)cc3)n12.Cc1ccc(S(=O)(=O)n2ccc3nc(N)cnc32)cc1. The molecule has 14 nitrogen and oxygen atoms in total. The van der Waals surface area contributed by atoms with Gasteiger partial charge in [-0.3, -0.25) is 4.40 Å². The Hall–Kier alpha value is -5.61. The van der Waals surface area contributed by atoms with Crippen LogP contribution in [0.1, 0.15) is 28.5 Å². The quantitative estimate of drug-likeness (QED) is 0.252. The summed E-state index contributed by atoms with van der Waals surface area (Å²) >= 11 is 0. The Morgan fingerprint density at radius 2 is 1.30 bits per heavy atom. The molecular weight excluding hydrogens is 645 g/mol. The van der Waals surface area contributed by atoms with Crippen molar-refractivity contribution in [3.63, 3.8) is 0 Å². The zero-order chi connectivity index (χ0) is 33.5. The topological polar surface area (TPSA) is 186 Å². The van der Waals surface area contributed by atoms with E-state index in [4.69, 9.17) is 10.5 Å². The summed E-state index contributed by atoms with van der Waals surface area (Å²) in [4.78, 5) is 29.0. The Kier molecular flexibility index (Phi) is 7.98. The number of hydrogen-bond acceptors (Lipinski definition) is 11. The standard InChI is InChI=1S/C18H16N4O4S.C13H12N4O2S/c1-3-26-18(23)15-10-19-16-11-20-17-14(22(15)16)8-9-21(17)27(24,25)13-6-4-12(2)5-7-13;1-9-2-4-10(5-3-9)20(18,19)17-7-6-11-13(17)15-8-12(14)16-11/h4-11H,3H2,1-2H3;2-8H,1H3,(H2,14,16). The van der Waals surface area contributed by atoms with E-state index < -0.39 is 26.0 Å². The predicted octanol–water partition coefficient (Wildman–Crippen LogP) is 3.97. The van der Waals surface area contributed by atoms with Gasteiger partial charge in [0.05, 0.1) is 40.5 Å². The van der Waals surface area contributed by atoms with Crippen molar-refractivity contribution >= 4 is 59.8 Å². The molecule has 0 atom stereocenters. The molecule has 0 saturated heterocycles. The van der Waals surface area contributed by atoms with E-state index in [0.717, 1.165) is 19.1 Å². The van der Waals surface area contributed by atoms with Crippen LogP contribution < -0.4 is 5.73 Å². The number of carbonyl (C=O) groups excluding carboxylic acids is 1. The first-order chi connectivity index (χ1) is 22.4. The highest BCUT2D eigenvalue weighted by Gasteiger charge is 2.23. The number of imidazole rings is 1. The van der Waals surface area contributed by atoms with Crippen LogP contribution in [-0.2, 0) is 24.8 Å². The van der Waals surface area contributed by atoms with Gasteiger partial charge in [0.1, 0.15) is 11.3 Å². The van der Waals surface area contributed by atoms with E-state index in [1.54, 1.807) is 72.0 Å². The Balaban J connectivity index is 0.000000172. The molecule has 5 heterocycles. The van der Waals surface area contributed by atoms with Crippen molar-refractivity contribution in [2.75, 3.05) is 12.3 Å². The highest BCUT2D eigenvalue weighted by atomic mass is 32.2. The number of anilines is 1. The summed E-state index contributed by atoms with van der Waals surface area (Å²) < 4.78 is 60.0. The number of nitrogens with two attached hydrogens (primary N) is 1. The van der Waals surface area contributed by atoms with Gasteiger partial charge in [0, 0.05) is 12.4 Å². The second-order valence-electron chi connectivity index (χ2n) is 10.4. The number of esters is 1. The summed E-state index contributed by atoms with van der Waals surface area (Å²) in [7, 11) is -7.51. The van der Waals surface area contributed by atoms with Gasteiger partial charge in [0.2, 0.25) is 0 Å². The Labute approximate surface area is 269 Å². The van der Waals surface area contributed by atoms with Crippen LogP contribution in [0.4, 0.5) is 5.82 Å². The number of carbonyl (C=O) groups is 1.